The van der Waals surface area contributed by atoms with E-state index in [2.05, 4.69) is 53.5 Å². The number of rotatable bonds is 6. The largest absolute Gasteiger partial charge is 0.369 e. The molecule has 1 aromatic heterocycles. The van der Waals surface area contributed by atoms with Gasteiger partial charge in [0, 0.05) is 12.1 Å². The number of hydrogen-bond donors (Lipinski definition) is 2. The van der Waals surface area contributed by atoms with Crippen molar-refractivity contribution >= 4 is 11.8 Å². The summed E-state index contributed by atoms with van der Waals surface area (Å²) in [5.41, 5.74) is -0.0531. The van der Waals surface area contributed by atoms with Gasteiger partial charge in [-0.2, -0.15) is 10.1 Å². The maximum absolute atomic E-state index is 4.36. The Morgan fingerprint density at radius 1 is 1.24 bits per heavy atom. The lowest BCUT2D eigenvalue weighted by molar-refractivity contribution is 0.623. The number of nitrogens with zero attached hydrogens (tertiary/aromatic N) is 3. The fraction of sp³-hybridized carbons (Fsp3) is 0.750. The highest BCUT2D eigenvalue weighted by Gasteiger charge is 2.11. The van der Waals surface area contributed by atoms with E-state index in [0.717, 1.165) is 18.8 Å². The minimum Gasteiger partial charge on any atom is -0.369 e. The molecule has 0 saturated carbocycles. The summed E-state index contributed by atoms with van der Waals surface area (Å²) < 4.78 is 0. The van der Waals surface area contributed by atoms with Crippen LogP contribution in [-0.4, -0.2) is 27.3 Å². The summed E-state index contributed by atoms with van der Waals surface area (Å²) in [5.74, 6) is 1.35. The molecule has 96 valence electrons. The Kier molecular flexibility index (Phi) is 5.12. The summed E-state index contributed by atoms with van der Waals surface area (Å²) in [4.78, 5) is 4.36. The minimum atomic E-state index is -0.0531. The number of nitrogens with one attached hydrogen (secondary N) is 2. The van der Waals surface area contributed by atoms with Crippen molar-refractivity contribution < 1.29 is 0 Å². The topological polar surface area (TPSA) is 62.7 Å². The molecule has 1 heterocycles. The van der Waals surface area contributed by atoms with Crippen LogP contribution in [0.25, 0.3) is 0 Å². The second kappa shape index (κ2) is 6.37. The summed E-state index contributed by atoms with van der Waals surface area (Å²) in [6.45, 7) is 9.33. The second-order valence-electron chi connectivity index (χ2n) is 5.17. The van der Waals surface area contributed by atoms with E-state index in [1.807, 2.05) is 0 Å². The van der Waals surface area contributed by atoms with Crippen LogP contribution in [-0.2, 0) is 0 Å². The SMILES string of the molecule is CCCCCNc1cnnc(NC(C)(C)C)n1. The van der Waals surface area contributed by atoms with Gasteiger partial charge >= 0.3 is 0 Å². The predicted molar refractivity (Wildman–Crippen MR) is 71.2 cm³/mol. The third kappa shape index (κ3) is 6.04. The minimum absolute atomic E-state index is 0.0531. The lowest BCUT2D eigenvalue weighted by Crippen LogP contribution is -2.27. The molecule has 0 aliphatic heterocycles. The van der Waals surface area contributed by atoms with Crippen LogP contribution in [0.2, 0.25) is 0 Å². The Bertz CT molecular complexity index is 332. The number of hydrogen-bond acceptors (Lipinski definition) is 5. The maximum atomic E-state index is 4.36. The van der Waals surface area contributed by atoms with E-state index >= 15 is 0 Å². The highest BCUT2D eigenvalue weighted by atomic mass is 15.3. The first-order valence-corrected chi connectivity index (χ1v) is 6.23. The van der Waals surface area contributed by atoms with Crippen molar-refractivity contribution in [1.29, 1.82) is 0 Å². The van der Waals surface area contributed by atoms with Crippen LogP contribution in [0.3, 0.4) is 0 Å². The Morgan fingerprint density at radius 2 is 2.00 bits per heavy atom. The normalized spacial score (nSPS) is 11.3. The molecule has 0 unspecified atom stereocenters. The fourth-order valence-corrected chi connectivity index (χ4v) is 1.37. The van der Waals surface area contributed by atoms with E-state index in [1.54, 1.807) is 6.20 Å². The van der Waals surface area contributed by atoms with Crippen LogP contribution in [0.5, 0.6) is 0 Å². The van der Waals surface area contributed by atoms with Gasteiger partial charge in [0.25, 0.3) is 0 Å². The molecule has 5 heteroatoms. The monoisotopic (exact) mass is 237 g/mol. The molecule has 0 bridgehead atoms. The van der Waals surface area contributed by atoms with E-state index in [0.29, 0.717) is 5.95 Å². The van der Waals surface area contributed by atoms with Gasteiger partial charge in [0.05, 0.1) is 6.20 Å². The quantitative estimate of drug-likeness (QED) is 0.745. The van der Waals surface area contributed by atoms with Crippen molar-refractivity contribution in [3.05, 3.63) is 6.20 Å². The Hall–Kier alpha value is -1.39. The van der Waals surface area contributed by atoms with E-state index in [4.69, 9.17) is 0 Å². The van der Waals surface area contributed by atoms with Crippen LogP contribution >= 0.6 is 0 Å². The van der Waals surface area contributed by atoms with Crippen LogP contribution in [0.4, 0.5) is 11.8 Å². The predicted octanol–water partition coefficient (Wildman–Crippen LogP) is 2.68. The maximum Gasteiger partial charge on any atom is 0.245 e. The summed E-state index contributed by atoms with van der Waals surface area (Å²) in [7, 11) is 0. The van der Waals surface area contributed by atoms with Gasteiger partial charge in [-0.25, -0.2) is 0 Å². The van der Waals surface area contributed by atoms with E-state index in [-0.39, 0.29) is 5.54 Å². The van der Waals surface area contributed by atoms with E-state index in [1.165, 1.54) is 12.8 Å². The van der Waals surface area contributed by atoms with Gasteiger partial charge in [0.2, 0.25) is 5.95 Å². The highest BCUT2D eigenvalue weighted by molar-refractivity contribution is 5.37. The van der Waals surface area contributed by atoms with Gasteiger partial charge < -0.3 is 10.6 Å². The van der Waals surface area contributed by atoms with Gasteiger partial charge in [-0.15, -0.1) is 5.10 Å². The van der Waals surface area contributed by atoms with Gasteiger partial charge in [-0.1, -0.05) is 19.8 Å². The highest BCUT2D eigenvalue weighted by Crippen LogP contribution is 2.10. The molecule has 17 heavy (non-hydrogen) atoms. The molecule has 0 aromatic carbocycles. The van der Waals surface area contributed by atoms with Crippen molar-refractivity contribution in [3.63, 3.8) is 0 Å². The number of anilines is 2. The second-order valence-corrected chi connectivity index (χ2v) is 5.17. The van der Waals surface area contributed by atoms with Crippen LogP contribution in [0, 0.1) is 0 Å². The Labute approximate surface area is 103 Å². The first kappa shape index (κ1) is 13.7. The van der Waals surface area contributed by atoms with Crippen molar-refractivity contribution in [2.75, 3.05) is 17.2 Å². The molecule has 1 rings (SSSR count). The van der Waals surface area contributed by atoms with Crippen molar-refractivity contribution in [2.45, 2.75) is 52.5 Å². The average molecular weight is 237 g/mol. The van der Waals surface area contributed by atoms with Crippen LogP contribution in [0.15, 0.2) is 6.20 Å². The van der Waals surface area contributed by atoms with Gasteiger partial charge in [-0.3, -0.25) is 0 Å². The zero-order valence-corrected chi connectivity index (χ0v) is 11.2. The van der Waals surface area contributed by atoms with Crippen molar-refractivity contribution in [2.24, 2.45) is 0 Å². The molecule has 0 aliphatic carbocycles. The van der Waals surface area contributed by atoms with Crippen LogP contribution in [0.1, 0.15) is 47.0 Å². The molecular formula is C12H23N5. The summed E-state index contributed by atoms with van der Waals surface area (Å²) >= 11 is 0. The molecule has 0 atom stereocenters. The Morgan fingerprint density at radius 3 is 2.65 bits per heavy atom. The number of aromatic nitrogens is 3. The third-order valence-corrected chi connectivity index (χ3v) is 2.13. The third-order valence-electron chi connectivity index (χ3n) is 2.13. The summed E-state index contributed by atoms with van der Waals surface area (Å²) in [5, 5.41) is 14.3. The van der Waals surface area contributed by atoms with Gasteiger partial charge in [0.15, 0.2) is 0 Å². The molecule has 0 amide bonds. The first-order chi connectivity index (χ1) is 8.01. The lowest BCUT2D eigenvalue weighted by atomic mass is 10.1. The summed E-state index contributed by atoms with van der Waals surface area (Å²) in [6.07, 6.45) is 5.27. The average Bonchev–Trinajstić information content (AvgIpc) is 2.23. The molecule has 0 fully saturated rings. The molecule has 0 aliphatic rings. The zero-order chi connectivity index (χ0) is 12.7. The molecule has 1 aromatic rings. The van der Waals surface area contributed by atoms with E-state index in [9.17, 15) is 0 Å². The first-order valence-electron chi connectivity index (χ1n) is 6.23. The molecule has 0 saturated heterocycles. The van der Waals surface area contributed by atoms with Crippen molar-refractivity contribution in [3.8, 4) is 0 Å². The molecule has 2 N–H and O–H groups in total. The Balaban J connectivity index is 2.48. The van der Waals surface area contributed by atoms with E-state index < -0.39 is 0 Å². The lowest BCUT2D eigenvalue weighted by Gasteiger charge is -2.20. The molecule has 5 nitrogen and oxygen atoms in total. The van der Waals surface area contributed by atoms with Crippen LogP contribution < -0.4 is 10.6 Å². The zero-order valence-electron chi connectivity index (χ0n) is 11.2. The fourth-order valence-electron chi connectivity index (χ4n) is 1.37. The standard InChI is InChI=1S/C12H23N5/c1-5-6-7-8-13-10-9-14-17-11(15-10)16-12(2,3)4/h9H,5-8H2,1-4H3,(H2,13,15,16,17). The smallest absolute Gasteiger partial charge is 0.245 e. The molecular weight excluding hydrogens is 214 g/mol. The molecule has 0 spiro atoms. The molecule has 0 radical (unpaired) electrons. The summed E-state index contributed by atoms with van der Waals surface area (Å²) in [6, 6.07) is 0. The van der Waals surface area contributed by atoms with Crippen molar-refractivity contribution in [1.82, 2.24) is 15.2 Å². The van der Waals surface area contributed by atoms with Gasteiger partial charge in [-0.05, 0) is 27.2 Å². The van der Waals surface area contributed by atoms with Gasteiger partial charge in [0.1, 0.15) is 5.82 Å². The number of unbranched alkanes of at least 4 members (excludes halogenated alkanes) is 2.